The van der Waals surface area contributed by atoms with Gasteiger partial charge in [0.15, 0.2) is 0 Å². The van der Waals surface area contributed by atoms with E-state index < -0.39 is 7.12 Å². The molecule has 0 radical (unpaired) electrons. The van der Waals surface area contributed by atoms with Crippen molar-refractivity contribution >= 4 is 7.12 Å². The molecular formula is C8H13BO3. The Morgan fingerprint density at radius 3 is 2.75 bits per heavy atom. The van der Waals surface area contributed by atoms with Crippen LogP contribution >= 0.6 is 0 Å². The predicted octanol–water partition coefficient (Wildman–Crippen LogP) is 0.471. The highest BCUT2D eigenvalue weighted by Crippen LogP contribution is 2.35. The molecule has 1 aliphatic heterocycles. The average Bonchev–Trinajstić information content (AvgIpc) is 2.46. The Labute approximate surface area is 72.2 Å². The van der Waals surface area contributed by atoms with Crippen molar-refractivity contribution in [2.24, 2.45) is 5.92 Å². The molecule has 0 aromatic rings. The van der Waals surface area contributed by atoms with Gasteiger partial charge in [-0.2, -0.15) is 0 Å². The highest BCUT2D eigenvalue weighted by molar-refractivity contribution is 6.49. The number of fused-ring (bicyclic) bond motifs is 1. The van der Waals surface area contributed by atoms with Crippen LogP contribution < -0.4 is 0 Å². The van der Waals surface area contributed by atoms with Gasteiger partial charge in [0, 0.05) is 5.92 Å². The van der Waals surface area contributed by atoms with Crippen molar-refractivity contribution in [1.82, 2.24) is 0 Å². The maximum atomic E-state index is 8.86. The Hall–Kier alpha value is -0.475. The second kappa shape index (κ2) is 3.11. The quantitative estimate of drug-likeness (QED) is 0.559. The normalized spacial score (nSPS) is 33.7. The molecule has 1 aliphatic carbocycles. The second-order valence-corrected chi connectivity index (χ2v) is 3.55. The number of hydrogen-bond donors (Lipinski definition) is 2. The van der Waals surface area contributed by atoms with Crippen LogP contribution in [0.4, 0.5) is 0 Å². The zero-order chi connectivity index (χ0) is 8.55. The lowest BCUT2D eigenvalue weighted by Crippen LogP contribution is -2.22. The zero-order valence-electron chi connectivity index (χ0n) is 6.94. The average molecular weight is 168 g/mol. The molecule has 0 bridgehead atoms. The Bertz CT molecular complexity index is 202. The SMILES string of the molecule is OB(O)C1=C[C@H]2CCCCC2O1. The number of rotatable bonds is 1. The molecule has 1 heterocycles. The van der Waals surface area contributed by atoms with Gasteiger partial charge < -0.3 is 14.8 Å². The van der Waals surface area contributed by atoms with Crippen LogP contribution in [0.15, 0.2) is 11.7 Å². The van der Waals surface area contributed by atoms with Crippen molar-refractivity contribution in [2.45, 2.75) is 31.8 Å². The summed E-state index contributed by atoms with van der Waals surface area (Å²) in [5.41, 5.74) is 0.354. The summed E-state index contributed by atoms with van der Waals surface area (Å²) in [5, 5.41) is 17.7. The molecular weight excluding hydrogens is 155 g/mol. The van der Waals surface area contributed by atoms with Crippen molar-refractivity contribution < 1.29 is 14.8 Å². The first-order chi connectivity index (χ1) is 5.77. The highest BCUT2D eigenvalue weighted by Gasteiger charge is 2.35. The van der Waals surface area contributed by atoms with E-state index in [0.29, 0.717) is 11.6 Å². The van der Waals surface area contributed by atoms with Crippen molar-refractivity contribution in [3.63, 3.8) is 0 Å². The standard InChI is InChI=1S/C8H13BO3/c10-9(11)8-5-6-3-1-2-4-7(6)12-8/h5-7,10-11H,1-4H2/t6-,7?/m1/s1. The molecule has 0 saturated heterocycles. The van der Waals surface area contributed by atoms with E-state index in [4.69, 9.17) is 14.8 Å². The second-order valence-electron chi connectivity index (χ2n) is 3.55. The Morgan fingerprint density at radius 1 is 1.33 bits per heavy atom. The van der Waals surface area contributed by atoms with Gasteiger partial charge in [-0.1, -0.05) is 6.42 Å². The van der Waals surface area contributed by atoms with Gasteiger partial charge in [0.1, 0.15) is 11.8 Å². The Kier molecular flexibility index (Phi) is 2.11. The minimum Gasteiger partial charge on any atom is -0.498 e. The summed E-state index contributed by atoms with van der Waals surface area (Å²) in [6.07, 6.45) is 6.70. The number of hydrogen-bond acceptors (Lipinski definition) is 3. The summed E-state index contributed by atoms with van der Waals surface area (Å²) in [7, 11) is -1.42. The third-order valence-electron chi connectivity index (χ3n) is 2.67. The van der Waals surface area contributed by atoms with Gasteiger partial charge in [0.05, 0.1) is 0 Å². The van der Waals surface area contributed by atoms with Crippen LogP contribution in [0.1, 0.15) is 25.7 Å². The van der Waals surface area contributed by atoms with Gasteiger partial charge in [-0.25, -0.2) is 0 Å². The fourth-order valence-electron chi connectivity index (χ4n) is 2.03. The Balaban J connectivity index is 2.04. The minimum atomic E-state index is -1.42. The fraction of sp³-hybridized carbons (Fsp3) is 0.750. The summed E-state index contributed by atoms with van der Waals surface area (Å²) in [4.78, 5) is 0. The topological polar surface area (TPSA) is 49.7 Å². The van der Waals surface area contributed by atoms with Crippen LogP contribution in [0.2, 0.25) is 0 Å². The summed E-state index contributed by atoms with van der Waals surface area (Å²) in [5.74, 6) is 0.426. The van der Waals surface area contributed by atoms with Gasteiger partial charge in [0.25, 0.3) is 0 Å². The molecule has 12 heavy (non-hydrogen) atoms. The van der Waals surface area contributed by atoms with Crippen LogP contribution in [-0.2, 0) is 4.74 Å². The lowest BCUT2D eigenvalue weighted by atomic mass is 9.84. The van der Waals surface area contributed by atoms with Crippen LogP contribution in [0.5, 0.6) is 0 Å². The monoisotopic (exact) mass is 168 g/mol. The molecule has 0 amide bonds. The van der Waals surface area contributed by atoms with E-state index in [1.807, 2.05) is 6.08 Å². The van der Waals surface area contributed by atoms with E-state index in [-0.39, 0.29) is 6.10 Å². The van der Waals surface area contributed by atoms with E-state index in [1.165, 1.54) is 12.8 Å². The van der Waals surface area contributed by atoms with E-state index >= 15 is 0 Å². The lowest BCUT2D eigenvalue weighted by Gasteiger charge is -2.23. The van der Waals surface area contributed by atoms with Gasteiger partial charge in [0.2, 0.25) is 0 Å². The Morgan fingerprint density at radius 2 is 2.08 bits per heavy atom. The van der Waals surface area contributed by atoms with Crippen molar-refractivity contribution in [2.75, 3.05) is 0 Å². The smallest absolute Gasteiger partial charge is 0.498 e. The molecule has 1 saturated carbocycles. The predicted molar refractivity (Wildman–Crippen MR) is 45.1 cm³/mol. The van der Waals surface area contributed by atoms with Crippen molar-refractivity contribution in [3.05, 3.63) is 11.7 Å². The molecule has 1 unspecified atom stereocenters. The first-order valence-electron chi connectivity index (χ1n) is 4.52. The molecule has 0 spiro atoms. The summed E-state index contributed by atoms with van der Waals surface area (Å²) in [6.45, 7) is 0. The molecule has 66 valence electrons. The van der Waals surface area contributed by atoms with E-state index in [0.717, 1.165) is 12.8 Å². The number of ether oxygens (including phenoxy) is 1. The maximum Gasteiger partial charge on any atom is 0.525 e. The fourth-order valence-corrected chi connectivity index (χ4v) is 2.03. The molecule has 2 aliphatic rings. The molecule has 2 atom stereocenters. The van der Waals surface area contributed by atoms with Crippen LogP contribution in [0.25, 0.3) is 0 Å². The van der Waals surface area contributed by atoms with E-state index in [2.05, 4.69) is 0 Å². The van der Waals surface area contributed by atoms with Crippen LogP contribution in [-0.4, -0.2) is 23.3 Å². The van der Waals surface area contributed by atoms with Crippen molar-refractivity contribution in [1.29, 1.82) is 0 Å². The maximum absolute atomic E-state index is 8.86. The summed E-state index contributed by atoms with van der Waals surface area (Å²) in [6, 6.07) is 0. The summed E-state index contributed by atoms with van der Waals surface area (Å²) < 4.78 is 5.39. The molecule has 0 aromatic heterocycles. The minimum absolute atomic E-state index is 0.218. The molecule has 1 fully saturated rings. The molecule has 3 nitrogen and oxygen atoms in total. The third kappa shape index (κ3) is 1.36. The largest absolute Gasteiger partial charge is 0.525 e. The molecule has 2 rings (SSSR count). The van der Waals surface area contributed by atoms with Crippen LogP contribution in [0, 0.1) is 5.92 Å². The summed E-state index contributed by atoms with van der Waals surface area (Å²) >= 11 is 0. The molecule has 0 aromatic carbocycles. The van der Waals surface area contributed by atoms with E-state index in [9.17, 15) is 0 Å². The molecule has 4 heteroatoms. The van der Waals surface area contributed by atoms with Gasteiger partial charge in [-0.15, -0.1) is 0 Å². The van der Waals surface area contributed by atoms with E-state index in [1.54, 1.807) is 0 Å². The van der Waals surface area contributed by atoms with Gasteiger partial charge >= 0.3 is 7.12 Å². The highest BCUT2D eigenvalue weighted by atomic mass is 16.5. The van der Waals surface area contributed by atoms with Gasteiger partial charge in [-0.05, 0) is 25.3 Å². The molecule has 2 N–H and O–H groups in total. The first kappa shape index (κ1) is 8.14. The lowest BCUT2D eigenvalue weighted by molar-refractivity contribution is 0.0870. The van der Waals surface area contributed by atoms with Crippen LogP contribution in [0.3, 0.4) is 0 Å². The zero-order valence-corrected chi connectivity index (χ0v) is 6.94. The first-order valence-corrected chi connectivity index (χ1v) is 4.52. The third-order valence-corrected chi connectivity index (χ3v) is 2.67. The van der Waals surface area contributed by atoms with Crippen molar-refractivity contribution in [3.8, 4) is 0 Å². The van der Waals surface area contributed by atoms with Gasteiger partial charge in [-0.3, -0.25) is 0 Å².